The molecule has 2 nitrogen and oxygen atoms in total. The number of allylic oxidation sites excluding steroid dienone is 4. The van der Waals surface area contributed by atoms with Crippen molar-refractivity contribution in [2.75, 3.05) is 0 Å². The predicted molar refractivity (Wildman–Crippen MR) is 158 cm³/mol. The van der Waals surface area contributed by atoms with Gasteiger partial charge in [-0.2, -0.15) is 0 Å². The minimum absolute atomic E-state index is 0.0868. The molecule has 4 aromatic carbocycles. The molecule has 5 aromatic rings. The molecule has 0 radical (unpaired) electrons. The van der Waals surface area contributed by atoms with Gasteiger partial charge in [0.2, 0.25) is 0 Å². The minimum atomic E-state index is -6.00. The van der Waals surface area contributed by atoms with E-state index in [1.165, 1.54) is 14.7 Å². The molecule has 1 aliphatic heterocycles. The van der Waals surface area contributed by atoms with Crippen LogP contribution in [-0.2, 0) is 10.5 Å². The summed E-state index contributed by atoms with van der Waals surface area (Å²) in [5, 5.41) is 2.29. The highest BCUT2D eigenvalue weighted by Crippen LogP contribution is 2.33. The molecule has 0 N–H and O–H groups in total. The number of thiol groups is 1. The second-order valence-electron chi connectivity index (χ2n) is 9.02. The fourth-order valence-electron chi connectivity index (χ4n) is 4.69. The van der Waals surface area contributed by atoms with E-state index < -0.39 is 17.7 Å². The number of fused-ring (bicyclic) bond motifs is 4. The molecule has 2 atom stereocenters. The molecule has 0 bridgehead atoms. The lowest BCUT2D eigenvalue weighted by molar-refractivity contribution is 0.0969. The quantitative estimate of drug-likeness (QED) is 0.0513. The first-order valence-corrected chi connectivity index (χ1v) is 13.9. The fourth-order valence-corrected chi connectivity index (χ4v) is 7.39. The zero-order chi connectivity index (χ0) is 28.1. The third-order valence-electron chi connectivity index (χ3n) is 6.33. The molecule has 40 heavy (non-hydrogen) atoms. The van der Waals surface area contributed by atoms with Crippen LogP contribution >= 0.6 is 0 Å². The Morgan fingerprint density at radius 2 is 1.23 bits per heavy atom. The number of rotatable bonds is 1. The Bertz CT molecular complexity index is 1670. The van der Waals surface area contributed by atoms with Crippen molar-refractivity contribution in [1.82, 2.24) is 0 Å². The summed E-state index contributed by atoms with van der Waals surface area (Å²) in [6.45, 7) is 0. The van der Waals surface area contributed by atoms with Crippen LogP contribution in [0, 0.1) is 5.92 Å². The Morgan fingerprint density at radius 1 is 0.675 bits per heavy atom. The lowest BCUT2D eigenvalue weighted by Gasteiger charge is -2.23. The molecule has 7 rings (SSSR count). The molecule has 0 spiro atoms. The zero-order valence-corrected chi connectivity index (χ0v) is 22.0. The van der Waals surface area contributed by atoms with Crippen molar-refractivity contribution in [1.29, 1.82) is 0 Å². The minimum Gasteiger partial charge on any atom is -0.418 e. The number of hydrogen-bond acceptors (Lipinski definition) is 1. The van der Waals surface area contributed by atoms with Gasteiger partial charge in [0.25, 0.3) is 0 Å². The second kappa shape index (κ2) is 11.8. The first-order valence-electron chi connectivity index (χ1n) is 12.6. The van der Waals surface area contributed by atoms with E-state index in [-0.39, 0.29) is 11.7 Å². The summed E-state index contributed by atoms with van der Waals surface area (Å²) in [5.41, 5.74) is 2.76. The number of ketones is 1. The normalized spacial score (nSPS) is 17.3. The highest BCUT2D eigenvalue weighted by atomic mass is 32.2. The van der Waals surface area contributed by atoms with Gasteiger partial charge >= 0.3 is 18.4 Å². The lowest BCUT2D eigenvalue weighted by atomic mass is 9.91. The summed E-state index contributed by atoms with van der Waals surface area (Å²) in [6.07, 6.45) is 8.20. The van der Waals surface area contributed by atoms with Crippen LogP contribution in [0.2, 0.25) is 0 Å². The smallest absolute Gasteiger partial charge is 0.418 e. The van der Waals surface area contributed by atoms with Crippen LogP contribution in [0.4, 0.5) is 17.3 Å². The van der Waals surface area contributed by atoms with Crippen LogP contribution in [0.1, 0.15) is 10.4 Å². The Morgan fingerprint density at radius 3 is 1.88 bits per heavy atom. The summed E-state index contributed by atoms with van der Waals surface area (Å²) >= 11 is 0. The zero-order valence-electron chi connectivity index (χ0n) is 21.1. The Kier molecular flexibility index (Phi) is 8.07. The number of para-hydroxylation sites is 2. The summed E-state index contributed by atoms with van der Waals surface area (Å²) in [4.78, 5) is 16.5. The maximum absolute atomic E-state index is 12.7. The SMILES string of the molecule is F[B-](F)(F)F.O=C1c2ccccc2[SH+](c2ccccc2)=C2C=CC=CC12.c1ccc2[o+]c3ccccc3cc2c1. The molecule has 2 aliphatic rings. The van der Waals surface area contributed by atoms with Crippen molar-refractivity contribution < 1.29 is 26.5 Å². The maximum atomic E-state index is 12.7. The van der Waals surface area contributed by atoms with Gasteiger partial charge in [-0.05, 0) is 48.5 Å². The van der Waals surface area contributed by atoms with E-state index in [2.05, 4.69) is 54.6 Å². The third kappa shape index (κ3) is 6.29. The van der Waals surface area contributed by atoms with Crippen molar-refractivity contribution in [3.05, 3.63) is 139 Å². The van der Waals surface area contributed by atoms with Gasteiger partial charge in [-0.15, -0.1) is 0 Å². The van der Waals surface area contributed by atoms with Crippen LogP contribution in [0.15, 0.2) is 148 Å². The Labute approximate surface area is 231 Å². The van der Waals surface area contributed by atoms with E-state index >= 15 is 0 Å². The van der Waals surface area contributed by atoms with Gasteiger partial charge in [0.05, 0.1) is 16.3 Å². The van der Waals surface area contributed by atoms with Gasteiger partial charge in [0, 0.05) is 12.1 Å². The molecule has 0 amide bonds. The van der Waals surface area contributed by atoms with E-state index in [0.717, 1.165) is 27.5 Å². The van der Waals surface area contributed by atoms with Crippen LogP contribution < -0.4 is 0 Å². The van der Waals surface area contributed by atoms with Gasteiger partial charge in [-0.25, -0.2) is 4.42 Å². The molecule has 8 heteroatoms. The lowest BCUT2D eigenvalue weighted by Crippen LogP contribution is -2.31. The van der Waals surface area contributed by atoms with E-state index in [1.807, 2.05) is 78.9 Å². The van der Waals surface area contributed by atoms with Gasteiger partial charge in [-0.3, -0.25) is 4.79 Å². The number of benzene rings is 4. The van der Waals surface area contributed by atoms with Crippen molar-refractivity contribution in [2.45, 2.75) is 9.79 Å². The monoisotopic (exact) mass is 559 g/mol. The number of Topliss-reactive ketones (excluding diaryl/α,β-unsaturated/α-hetero) is 1. The number of hydrogen-bond donors (Lipinski definition) is 0. The molecular formula is C32H24BF4O2S+. The topological polar surface area (TPSA) is 28.4 Å². The molecule has 1 aromatic heterocycles. The first-order chi connectivity index (χ1) is 19.3. The molecule has 0 saturated carbocycles. The third-order valence-corrected chi connectivity index (χ3v) is 8.96. The number of carbonyl (C=O) groups is 1. The fraction of sp³-hybridized carbons (Fsp3) is 0.0312. The summed E-state index contributed by atoms with van der Waals surface area (Å²) in [6, 6.07) is 36.9. The van der Waals surface area contributed by atoms with Gasteiger partial charge in [-0.1, -0.05) is 83.3 Å². The van der Waals surface area contributed by atoms with Crippen LogP contribution in [0.3, 0.4) is 0 Å². The Balaban J connectivity index is 0.000000146. The molecule has 200 valence electrons. The summed E-state index contributed by atoms with van der Waals surface area (Å²) in [5.74, 6) is 0.145. The first kappa shape index (κ1) is 27.3. The van der Waals surface area contributed by atoms with Gasteiger partial charge < -0.3 is 17.3 Å². The van der Waals surface area contributed by atoms with Crippen molar-refractivity contribution in [3.8, 4) is 0 Å². The average molecular weight is 559 g/mol. The van der Waals surface area contributed by atoms with Crippen molar-refractivity contribution in [2.24, 2.45) is 5.92 Å². The molecule has 2 unspecified atom stereocenters. The molecule has 2 heterocycles. The van der Waals surface area contributed by atoms with E-state index in [9.17, 15) is 22.1 Å². The second-order valence-corrected chi connectivity index (χ2v) is 11.2. The van der Waals surface area contributed by atoms with Crippen LogP contribution in [0.25, 0.3) is 21.9 Å². The van der Waals surface area contributed by atoms with Crippen molar-refractivity contribution in [3.63, 3.8) is 0 Å². The predicted octanol–water partition coefficient (Wildman–Crippen LogP) is 8.73. The summed E-state index contributed by atoms with van der Waals surface area (Å²) < 4.78 is 44.7. The van der Waals surface area contributed by atoms with Crippen LogP contribution in [0.5, 0.6) is 0 Å². The van der Waals surface area contributed by atoms with E-state index in [4.69, 9.17) is 4.42 Å². The highest BCUT2D eigenvalue weighted by Gasteiger charge is 2.37. The number of halogens is 4. The molecule has 0 fully saturated rings. The van der Waals surface area contributed by atoms with Crippen molar-refractivity contribution >= 4 is 50.3 Å². The van der Waals surface area contributed by atoms with E-state index in [1.54, 1.807) is 0 Å². The Hall–Kier alpha value is -4.30. The maximum Gasteiger partial charge on any atom is 0.673 e. The highest BCUT2D eigenvalue weighted by molar-refractivity contribution is 7.97. The molecule has 0 saturated heterocycles. The van der Waals surface area contributed by atoms with Crippen LogP contribution in [-0.4, -0.2) is 17.9 Å². The molecule has 1 aliphatic carbocycles. The number of carbonyl (C=O) groups excluding carboxylic acids is 1. The standard InChI is InChI=1S/C19H14OS.C13H9O.BF4/c20-19-15-10-4-6-12-17(15)21(14-8-2-1-3-9-14)18-13-7-5-11-16(18)19;1-3-7-12-10(5-1)9-11-6-2-4-8-13(11)14-12;2-1(3,4)5/h1-13,15H;1-9H;/q;+1;-1/p+1. The average Bonchev–Trinajstić information content (AvgIpc) is 2.96. The largest absolute Gasteiger partial charge is 0.673 e. The van der Waals surface area contributed by atoms with E-state index in [0.29, 0.717) is 0 Å². The summed E-state index contributed by atoms with van der Waals surface area (Å²) in [7, 11) is -6.61. The van der Waals surface area contributed by atoms with Gasteiger partial charge in [0.15, 0.2) is 5.78 Å². The van der Waals surface area contributed by atoms with Gasteiger partial charge in [0.1, 0.15) is 20.6 Å². The molecular weight excluding hydrogens is 535 g/mol.